The number of carbonyl (C=O) groups is 1. The van der Waals surface area contributed by atoms with Gasteiger partial charge in [-0.1, -0.05) is 18.7 Å². The van der Waals surface area contributed by atoms with Crippen molar-refractivity contribution in [1.29, 1.82) is 0 Å². The average molecular weight is 285 g/mol. The van der Waals surface area contributed by atoms with Crippen molar-refractivity contribution in [2.24, 2.45) is 7.05 Å². The second-order valence-corrected chi connectivity index (χ2v) is 5.38. The van der Waals surface area contributed by atoms with Gasteiger partial charge in [0.25, 0.3) is 0 Å². The summed E-state index contributed by atoms with van der Waals surface area (Å²) in [5, 5.41) is 11.9. The molecule has 1 aromatic rings. The monoisotopic (exact) mass is 285 g/mol. The summed E-state index contributed by atoms with van der Waals surface area (Å²) in [5.41, 5.74) is 0. The molecular weight excluding hydrogens is 266 g/mol. The standard InChI is InChI=1S/C11H19N5O2S/c1-3-19-11-14-13-9(15(11)2)8-12-10(17)16-4-6-18-7-5-16/h3-8H2,1-2H3,(H,12,17). The number of nitrogens with one attached hydrogen (secondary N) is 1. The Morgan fingerprint density at radius 3 is 2.84 bits per heavy atom. The number of morpholine rings is 1. The Balaban J connectivity index is 1.86. The summed E-state index contributed by atoms with van der Waals surface area (Å²) in [6.07, 6.45) is 0. The van der Waals surface area contributed by atoms with E-state index in [0.29, 0.717) is 32.8 Å². The van der Waals surface area contributed by atoms with Crippen molar-refractivity contribution in [2.45, 2.75) is 18.6 Å². The number of carbonyl (C=O) groups excluding carboxylic acids is 1. The quantitative estimate of drug-likeness (QED) is 0.814. The van der Waals surface area contributed by atoms with Crippen LogP contribution in [0.3, 0.4) is 0 Å². The Hall–Kier alpha value is -1.28. The van der Waals surface area contributed by atoms with E-state index in [1.165, 1.54) is 0 Å². The molecule has 0 bridgehead atoms. The molecule has 0 aliphatic carbocycles. The van der Waals surface area contributed by atoms with Crippen LogP contribution in [0.1, 0.15) is 12.7 Å². The maximum atomic E-state index is 11.9. The first-order valence-electron chi connectivity index (χ1n) is 6.34. The molecule has 19 heavy (non-hydrogen) atoms. The zero-order chi connectivity index (χ0) is 13.7. The zero-order valence-electron chi connectivity index (χ0n) is 11.3. The largest absolute Gasteiger partial charge is 0.378 e. The van der Waals surface area contributed by atoms with Gasteiger partial charge in [0.15, 0.2) is 11.0 Å². The second-order valence-electron chi connectivity index (χ2n) is 4.15. The molecule has 0 atom stereocenters. The minimum atomic E-state index is -0.0732. The molecule has 0 saturated carbocycles. The number of thioether (sulfide) groups is 1. The van der Waals surface area contributed by atoms with Gasteiger partial charge in [0.1, 0.15) is 0 Å². The Morgan fingerprint density at radius 1 is 1.42 bits per heavy atom. The lowest BCUT2D eigenvalue weighted by atomic mass is 10.4. The van der Waals surface area contributed by atoms with E-state index in [1.54, 1.807) is 16.7 Å². The highest BCUT2D eigenvalue weighted by atomic mass is 32.2. The SMILES string of the molecule is CCSc1nnc(CNC(=O)N2CCOCC2)n1C. The number of hydrogen-bond acceptors (Lipinski definition) is 5. The molecule has 0 unspecified atom stereocenters. The summed E-state index contributed by atoms with van der Waals surface area (Å²) in [4.78, 5) is 13.7. The molecule has 1 fully saturated rings. The van der Waals surface area contributed by atoms with Gasteiger partial charge in [0.05, 0.1) is 19.8 Å². The van der Waals surface area contributed by atoms with Crippen LogP contribution in [-0.2, 0) is 18.3 Å². The highest BCUT2D eigenvalue weighted by Crippen LogP contribution is 2.14. The molecule has 2 heterocycles. The molecule has 1 aliphatic heterocycles. The summed E-state index contributed by atoms with van der Waals surface area (Å²) in [7, 11) is 1.91. The Labute approximate surface area is 116 Å². The molecule has 1 aromatic heterocycles. The first-order valence-corrected chi connectivity index (χ1v) is 7.32. The van der Waals surface area contributed by atoms with Crippen LogP contribution >= 0.6 is 11.8 Å². The van der Waals surface area contributed by atoms with E-state index in [9.17, 15) is 4.79 Å². The lowest BCUT2D eigenvalue weighted by molar-refractivity contribution is 0.0531. The molecule has 0 spiro atoms. The van der Waals surface area contributed by atoms with E-state index < -0.39 is 0 Å². The van der Waals surface area contributed by atoms with E-state index in [-0.39, 0.29) is 6.03 Å². The number of urea groups is 1. The molecule has 2 amide bonds. The van der Waals surface area contributed by atoms with E-state index in [0.717, 1.165) is 16.7 Å². The fourth-order valence-electron chi connectivity index (χ4n) is 1.79. The number of aromatic nitrogens is 3. The van der Waals surface area contributed by atoms with Crippen LogP contribution in [-0.4, -0.2) is 57.8 Å². The Kier molecular flexibility index (Phi) is 5.03. The summed E-state index contributed by atoms with van der Waals surface area (Å²) in [6.45, 7) is 4.95. The highest BCUT2D eigenvalue weighted by molar-refractivity contribution is 7.99. The predicted octanol–water partition coefficient (Wildman–Crippen LogP) is 0.469. The fourth-order valence-corrected chi connectivity index (χ4v) is 2.44. The molecule has 0 radical (unpaired) electrons. The second kappa shape index (κ2) is 6.76. The molecule has 1 N–H and O–H groups in total. The number of amides is 2. The smallest absolute Gasteiger partial charge is 0.317 e. The van der Waals surface area contributed by atoms with Crippen LogP contribution in [0.2, 0.25) is 0 Å². The third kappa shape index (κ3) is 3.60. The van der Waals surface area contributed by atoms with Gasteiger partial charge in [-0.15, -0.1) is 10.2 Å². The molecule has 0 aromatic carbocycles. The van der Waals surface area contributed by atoms with Crippen LogP contribution in [0, 0.1) is 0 Å². The van der Waals surface area contributed by atoms with E-state index in [4.69, 9.17) is 4.74 Å². The van der Waals surface area contributed by atoms with Gasteiger partial charge in [0, 0.05) is 20.1 Å². The van der Waals surface area contributed by atoms with Crippen molar-refractivity contribution in [2.75, 3.05) is 32.1 Å². The number of nitrogens with zero attached hydrogens (tertiary/aromatic N) is 4. The van der Waals surface area contributed by atoms with Gasteiger partial charge in [-0.25, -0.2) is 4.79 Å². The fraction of sp³-hybridized carbons (Fsp3) is 0.727. The topological polar surface area (TPSA) is 72.3 Å². The van der Waals surface area contributed by atoms with Gasteiger partial charge in [-0.2, -0.15) is 0 Å². The third-order valence-corrected chi connectivity index (χ3v) is 3.80. The van der Waals surface area contributed by atoms with Crippen LogP contribution < -0.4 is 5.32 Å². The molecular formula is C11H19N5O2S. The summed E-state index contributed by atoms with van der Waals surface area (Å²) >= 11 is 1.63. The zero-order valence-corrected chi connectivity index (χ0v) is 12.1. The van der Waals surface area contributed by atoms with Crippen LogP contribution in [0.5, 0.6) is 0 Å². The van der Waals surface area contributed by atoms with E-state index >= 15 is 0 Å². The van der Waals surface area contributed by atoms with Gasteiger partial charge >= 0.3 is 6.03 Å². The normalized spacial score (nSPS) is 15.6. The van der Waals surface area contributed by atoms with Crippen molar-refractivity contribution in [3.63, 3.8) is 0 Å². The lowest BCUT2D eigenvalue weighted by Crippen LogP contribution is -2.46. The first-order chi connectivity index (χ1) is 9.22. The van der Waals surface area contributed by atoms with Gasteiger partial charge in [0.2, 0.25) is 0 Å². The molecule has 7 nitrogen and oxygen atoms in total. The van der Waals surface area contributed by atoms with Crippen LogP contribution in [0.4, 0.5) is 4.79 Å². The minimum Gasteiger partial charge on any atom is -0.378 e. The lowest BCUT2D eigenvalue weighted by Gasteiger charge is -2.26. The van der Waals surface area contributed by atoms with Crippen molar-refractivity contribution in [3.8, 4) is 0 Å². The van der Waals surface area contributed by atoms with Crippen molar-refractivity contribution in [3.05, 3.63) is 5.82 Å². The molecule has 106 valence electrons. The van der Waals surface area contributed by atoms with Gasteiger partial charge in [-0.05, 0) is 5.75 Å². The van der Waals surface area contributed by atoms with Gasteiger partial charge < -0.3 is 19.5 Å². The minimum absolute atomic E-state index is 0.0732. The number of ether oxygens (including phenoxy) is 1. The number of hydrogen-bond donors (Lipinski definition) is 1. The van der Waals surface area contributed by atoms with Crippen molar-refractivity contribution in [1.82, 2.24) is 25.0 Å². The predicted molar refractivity (Wildman–Crippen MR) is 72.0 cm³/mol. The molecule has 1 aliphatic rings. The van der Waals surface area contributed by atoms with Crippen molar-refractivity contribution >= 4 is 17.8 Å². The summed E-state index contributed by atoms with van der Waals surface area (Å²) in [5.74, 6) is 1.71. The van der Waals surface area contributed by atoms with Crippen LogP contribution in [0.15, 0.2) is 5.16 Å². The summed E-state index contributed by atoms with van der Waals surface area (Å²) < 4.78 is 7.12. The van der Waals surface area contributed by atoms with E-state index in [2.05, 4.69) is 22.4 Å². The van der Waals surface area contributed by atoms with E-state index in [1.807, 2.05) is 11.6 Å². The third-order valence-electron chi connectivity index (χ3n) is 2.89. The highest BCUT2D eigenvalue weighted by Gasteiger charge is 2.17. The molecule has 2 rings (SSSR count). The Morgan fingerprint density at radius 2 is 2.16 bits per heavy atom. The number of rotatable bonds is 4. The van der Waals surface area contributed by atoms with Crippen molar-refractivity contribution < 1.29 is 9.53 Å². The Bertz CT molecular complexity index is 431. The molecule has 8 heteroatoms. The maximum Gasteiger partial charge on any atom is 0.317 e. The molecule has 1 saturated heterocycles. The van der Waals surface area contributed by atoms with Gasteiger partial charge in [-0.3, -0.25) is 0 Å². The average Bonchev–Trinajstić information content (AvgIpc) is 2.79. The maximum absolute atomic E-state index is 11.9. The first kappa shape index (κ1) is 14.1. The summed E-state index contributed by atoms with van der Waals surface area (Å²) in [6, 6.07) is -0.0732. The van der Waals surface area contributed by atoms with Crippen LogP contribution in [0.25, 0.3) is 0 Å².